The van der Waals surface area contributed by atoms with Crippen LogP contribution in [-0.4, -0.2) is 153 Å². The Bertz CT molecular complexity index is 2370. The lowest BCUT2D eigenvalue weighted by molar-refractivity contribution is -0.145. The van der Waals surface area contributed by atoms with E-state index < -0.39 is 102 Å². The molecule has 6 rings (SSSR count). The molecule has 71 heavy (non-hydrogen) atoms. The maximum atomic E-state index is 14.4. The molecule has 0 radical (unpaired) electrons. The maximum absolute atomic E-state index is 14.4. The van der Waals surface area contributed by atoms with Gasteiger partial charge in [0.25, 0.3) is 5.91 Å². The van der Waals surface area contributed by atoms with Crippen LogP contribution in [0.4, 0.5) is 0 Å². The molecule has 3 aliphatic rings. The van der Waals surface area contributed by atoms with Crippen molar-refractivity contribution in [2.24, 2.45) is 11.5 Å². The number of unbranched alkanes of at least 4 members (excludes halogenated alkanes) is 4. The number of carbonyl (C=O) groups is 7. The van der Waals surface area contributed by atoms with Crippen LogP contribution in [0.25, 0.3) is 10.8 Å². The van der Waals surface area contributed by atoms with Crippen molar-refractivity contribution in [1.29, 1.82) is 0 Å². The average Bonchev–Trinajstić information content (AvgIpc) is 3.94. The van der Waals surface area contributed by atoms with Crippen LogP contribution in [-0.2, 0) is 35.2 Å². The molecule has 386 valence electrons. The number of phenols is 1. The Balaban J connectivity index is 1.27. The zero-order valence-electron chi connectivity index (χ0n) is 40.8. The van der Waals surface area contributed by atoms with Crippen molar-refractivity contribution in [3.8, 4) is 11.5 Å². The lowest BCUT2D eigenvalue weighted by atomic mass is 10.0. The van der Waals surface area contributed by atoms with Crippen LogP contribution in [0, 0.1) is 0 Å². The number of aliphatic hydroxyl groups is 2. The van der Waals surface area contributed by atoms with Gasteiger partial charge in [0.2, 0.25) is 35.4 Å². The van der Waals surface area contributed by atoms with E-state index >= 15 is 0 Å². The first-order valence-electron chi connectivity index (χ1n) is 24.9. The normalized spacial score (nSPS) is 26.0. The fraction of sp³-hybridized carbons (Fsp3) is 0.549. The van der Waals surface area contributed by atoms with E-state index in [0.29, 0.717) is 17.9 Å². The van der Waals surface area contributed by atoms with Gasteiger partial charge in [-0.25, -0.2) is 0 Å². The fourth-order valence-electron chi connectivity index (χ4n) is 9.37. The lowest BCUT2D eigenvalue weighted by Crippen LogP contribution is -2.61. The quantitative estimate of drug-likeness (QED) is 0.0992. The van der Waals surface area contributed by atoms with Crippen molar-refractivity contribution in [2.45, 2.75) is 152 Å². The topological polar surface area (TPSA) is 308 Å². The van der Waals surface area contributed by atoms with Crippen LogP contribution >= 0.6 is 0 Å². The van der Waals surface area contributed by atoms with Crippen molar-refractivity contribution < 1.29 is 53.6 Å². The number of rotatable bonds is 14. The predicted octanol–water partition coefficient (Wildman–Crippen LogP) is 0.608. The van der Waals surface area contributed by atoms with E-state index in [1.54, 1.807) is 30.3 Å². The van der Waals surface area contributed by atoms with Crippen LogP contribution in [0.2, 0.25) is 0 Å². The van der Waals surface area contributed by atoms with Gasteiger partial charge in [-0.1, -0.05) is 56.9 Å². The van der Waals surface area contributed by atoms with E-state index in [1.165, 1.54) is 37.3 Å². The molecule has 0 aromatic heterocycles. The third-order valence-electron chi connectivity index (χ3n) is 13.4. The van der Waals surface area contributed by atoms with Crippen molar-refractivity contribution in [3.05, 3.63) is 71.8 Å². The number of aryl methyl sites for hydroxylation is 1. The summed E-state index contributed by atoms with van der Waals surface area (Å²) in [6, 6.07) is 7.30. The third kappa shape index (κ3) is 14.4. The summed E-state index contributed by atoms with van der Waals surface area (Å²) in [4.78, 5) is 101. The van der Waals surface area contributed by atoms with Crippen molar-refractivity contribution >= 4 is 52.1 Å². The second kappa shape index (κ2) is 25.2. The minimum atomic E-state index is -1.62. The van der Waals surface area contributed by atoms with Crippen molar-refractivity contribution in [1.82, 2.24) is 36.4 Å². The smallest absolute Gasteiger partial charge is 0.251 e. The number of nitrogens with one attached hydrogen (secondary N) is 5. The molecule has 20 nitrogen and oxygen atoms in total. The molecular weight excluding hydrogens is 915 g/mol. The van der Waals surface area contributed by atoms with E-state index in [-0.39, 0.29) is 69.5 Å². The Morgan fingerprint density at radius 1 is 0.746 bits per heavy atom. The van der Waals surface area contributed by atoms with Gasteiger partial charge in [0.1, 0.15) is 47.8 Å². The second-order valence-corrected chi connectivity index (χ2v) is 19.2. The van der Waals surface area contributed by atoms with Gasteiger partial charge < -0.3 is 67.9 Å². The van der Waals surface area contributed by atoms with Gasteiger partial charge in [-0.15, -0.1) is 0 Å². The maximum Gasteiger partial charge on any atom is 0.251 e. The van der Waals surface area contributed by atoms with Gasteiger partial charge >= 0.3 is 0 Å². The molecule has 3 saturated heterocycles. The number of aliphatic hydroxyl groups excluding tert-OH is 2. The molecule has 7 amide bonds. The molecule has 3 aromatic carbocycles. The Hall–Kier alpha value is -6.35. The number of phenolic OH excluding ortho intramolecular Hbond substituents is 1. The van der Waals surface area contributed by atoms with Crippen LogP contribution in [0.5, 0.6) is 11.5 Å². The van der Waals surface area contributed by atoms with Crippen LogP contribution < -0.4 is 42.8 Å². The Morgan fingerprint density at radius 2 is 1.34 bits per heavy atom. The van der Waals surface area contributed by atoms with Gasteiger partial charge in [-0.05, 0) is 112 Å². The minimum Gasteiger partial charge on any atom is -0.508 e. The van der Waals surface area contributed by atoms with E-state index in [0.717, 1.165) is 41.4 Å². The molecular formula is C51H71N9O11. The van der Waals surface area contributed by atoms with Crippen LogP contribution in [0.15, 0.2) is 60.7 Å². The molecule has 0 bridgehead atoms. The molecule has 3 heterocycles. The molecule has 0 aliphatic carbocycles. The highest BCUT2D eigenvalue weighted by Gasteiger charge is 2.45. The Morgan fingerprint density at radius 3 is 1.97 bits per heavy atom. The number of carbonyl (C=O) groups excluding carboxylic acids is 7. The first-order valence-corrected chi connectivity index (χ1v) is 24.9. The molecule has 0 saturated carbocycles. The summed E-state index contributed by atoms with van der Waals surface area (Å²) >= 11 is 0. The predicted molar refractivity (Wildman–Crippen MR) is 263 cm³/mol. The molecule has 3 aromatic rings. The largest absolute Gasteiger partial charge is 0.508 e. The third-order valence-corrected chi connectivity index (χ3v) is 13.4. The minimum absolute atomic E-state index is 0.0172. The van der Waals surface area contributed by atoms with Gasteiger partial charge in [0.05, 0.1) is 18.8 Å². The summed E-state index contributed by atoms with van der Waals surface area (Å²) in [6.07, 6.45) is 2.82. The van der Waals surface area contributed by atoms with Crippen molar-refractivity contribution in [3.63, 3.8) is 0 Å². The van der Waals surface area contributed by atoms with E-state index in [9.17, 15) is 48.9 Å². The first kappa shape index (κ1) is 54.0. The number of nitrogens with two attached hydrogens (primary N) is 2. The van der Waals surface area contributed by atoms with Gasteiger partial charge in [-0.3, -0.25) is 33.6 Å². The number of fused-ring (bicyclic) bond motifs is 3. The summed E-state index contributed by atoms with van der Waals surface area (Å²) in [5.74, 6) is -4.56. The molecule has 0 spiro atoms. The van der Waals surface area contributed by atoms with Gasteiger partial charge in [-0.2, -0.15) is 0 Å². The molecule has 12 N–H and O–H groups in total. The van der Waals surface area contributed by atoms with Crippen LogP contribution in [0.3, 0.4) is 0 Å². The number of benzene rings is 3. The summed E-state index contributed by atoms with van der Waals surface area (Å²) in [7, 11) is 0. The number of nitrogens with zero attached hydrogens (tertiary/aromatic N) is 2. The van der Waals surface area contributed by atoms with E-state index in [2.05, 4.69) is 33.5 Å². The zero-order valence-corrected chi connectivity index (χ0v) is 40.8. The fourth-order valence-corrected chi connectivity index (χ4v) is 9.37. The summed E-state index contributed by atoms with van der Waals surface area (Å²) < 4.78 is 5.97. The second-order valence-electron chi connectivity index (χ2n) is 19.2. The standard InChI is InChI=1S/C51H71N9O11/c1-4-5-6-7-8-22-71-38-19-16-32-23-34(15-14-33(32)24-38)45(64)55-39-10-9-21-54-48(67)41-25-35(52)27-59(41)50(69)43(29(2)61)58-47(66)40(20-13-31-11-17-37(63)18-12-31)56-49(68)42-26-36(53)28-60(42)51(70)44(30(3)62)57-46(39)65/h11-12,14-19,23-24,29-30,35-36,39-44,61-63H,4-10,13,20-22,25-28,52-53H2,1-3H3,(H,54,67)(H,55,64)(H,56,68)(H,57,65)(H,58,66)/t29-,30+,35-,36-,39-,40-,41-,42-,43-,44-/m0/s1. The molecule has 0 unspecified atom stereocenters. The van der Waals surface area contributed by atoms with E-state index in [4.69, 9.17) is 16.2 Å². The summed E-state index contributed by atoms with van der Waals surface area (Å²) in [5, 5.41) is 46.8. The SMILES string of the molecule is CCCCCCCOc1ccc2cc(C(=O)N[C@H]3CCCNC(=O)[C@@H]4C[C@H](N)CN4C(=O)[C@H]([C@H](C)O)NC(=O)[C@H](CCc4ccc(O)cc4)NC(=O)[C@@H]4C[C@H](N)CN4C(=O)[C@H]([C@@H](C)O)NC3=O)ccc2c1. The molecule has 20 heteroatoms. The van der Waals surface area contributed by atoms with Crippen LogP contribution in [0.1, 0.15) is 101 Å². The van der Waals surface area contributed by atoms with Gasteiger partial charge in [0.15, 0.2) is 0 Å². The zero-order chi connectivity index (χ0) is 51.4. The Kier molecular flexibility index (Phi) is 19.1. The Labute approximate surface area is 414 Å². The first-order chi connectivity index (χ1) is 33.9. The lowest BCUT2D eigenvalue weighted by Gasteiger charge is -2.32. The van der Waals surface area contributed by atoms with E-state index in [1.807, 2.05) is 18.2 Å². The molecule has 3 fully saturated rings. The highest BCUT2D eigenvalue weighted by molar-refractivity contribution is 6.02. The average molecular weight is 986 g/mol. The molecule has 3 aliphatic heterocycles. The molecule has 10 atom stereocenters. The summed E-state index contributed by atoms with van der Waals surface area (Å²) in [6.45, 7) is 5.11. The summed E-state index contributed by atoms with van der Waals surface area (Å²) in [5.41, 5.74) is 13.6. The highest BCUT2D eigenvalue weighted by atomic mass is 16.5. The number of aromatic hydroxyl groups is 1. The number of hydrogen-bond acceptors (Lipinski definition) is 13. The number of ether oxygens (including phenoxy) is 1. The monoisotopic (exact) mass is 986 g/mol. The highest BCUT2D eigenvalue weighted by Crippen LogP contribution is 2.25. The van der Waals surface area contributed by atoms with Crippen molar-refractivity contribution in [2.75, 3.05) is 26.2 Å². The number of amides is 7. The number of hydrogen-bond donors (Lipinski definition) is 10. The van der Waals surface area contributed by atoms with Gasteiger partial charge in [0, 0.05) is 37.3 Å².